The first-order valence-electron chi connectivity index (χ1n) is 4.70. The standard InChI is InChI=1S/C11H8ClF2N3/c12-6-2-1-3-7(4-6)16-11-9(14)5-8(13)10(15)17-11/h1-5H,(H3,15,16,17). The number of pyridine rings is 1. The summed E-state index contributed by atoms with van der Waals surface area (Å²) in [5.74, 6) is -2.22. The average molecular weight is 256 g/mol. The molecule has 0 fully saturated rings. The van der Waals surface area contributed by atoms with E-state index in [1.54, 1.807) is 24.3 Å². The number of hydrogen-bond donors (Lipinski definition) is 2. The van der Waals surface area contributed by atoms with Gasteiger partial charge in [0, 0.05) is 16.8 Å². The number of nitrogens with one attached hydrogen (secondary N) is 1. The molecule has 0 unspecified atom stereocenters. The number of anilines is 3. The maximum Gasteiger partial charge on any atom is 0.169 e. The summed E-state index contributed by atoms with van der Waals surface area (Å²) in [6.45, 7) is 0. The Bertz CT molecular complexity index is 560. The maximum absolute atomic E-state index is 13.4. The van der Waals surface area contributed by atoms with Crippen molar-refractivity contribution in [3.8, 4) is 0 Å². The summed E-state index contributed by atoms with van der Waals surface area (Å²) in [5.41, 5.74) is 5.79. The molecule has 0 bridgehead atoms. The van der Waals surface area contributed by atoms with Crippen molar-refractivity contribution in [1.82, 2.24) is 4.98 Å². The second kappa shape index (κ2) is 4.55. The second-order valence-electron chi connectivity index (χ2n) is 3.32. The van der Waals surface area contributed by atoms with Crippen molar-refractivity contribution < 1.29 is 8.78 Å². The molecular weight excluding hydrogens is 248 g/mol. The molecule has 0 aliphatic rings. The van der Waals surface area contributed by atoms with Crippen molar-refractivity contribution in [2.45, 2.75) is 0 Å². The SMILES string of the molecule is Nc1nc(Nc2cccc(Cl)c2)c(F)cc1F. The third-order valence-electron chi connectivity index (χ3n) is 2.04. The number of rotatable bonds is 2. The molecule has 3 N–H and O–H groups in total. The number of halogens is 3. The Balaban J connectivity index is 2.33. The van der Waals surface area contributed by atoms with Crippen LogP contribution >= 0.6 is 11.6 Å². The minimum absolute atomic E-state index is 0.147. The molecule has 0 saturated heterocycles. The largest absolute Gasteiger partial charge is 0.381 e. The van der Waals surface area contributed by atoms with Gasteiger partial charge in [0.25, 0.3) is 0 Å². The highest BCUT2D eigenvalue weighted by molar-refractivity contribution is 6.30. The van der Waals surface area contributed by atoms with Crippen LogP contribution in [-0.2, 0) is 0 Å². The summed E-state index contributed by atoms with van der Waals surface area (Å²) in [5, 5.41) is 3.16. The van der Waals surface area contributed by atoms with E-state index in [0.29, 0.717) is 16.8 Å². The van der Waals surface area contributed by atoms with Crippen molar-refractivity contribution in [3.63, 3.8) is 0 Å². The lowest BCUT2D eigenvalue weighted by molar-refractivity contribution is 0.581. The van der Waals surface area contributed by atoms with Crippen LogP contribution in [0.3, 0.4) is 0 Å². The van der Waals surface area contributed by atoms with Crippen LogP contribution in [0, 0.1) is 11.6 Å². The summed E-state index contributed by atoms with van der Waals surface area (Å²) >= 11 is 5.77. The first-order chi connectivity index (χ1) is 8.06. The lowest BCUT2D eigenvalue weighted by Gasteiger charge is -2.08. The molecule has 0 spiro atoms. The highest BCUT2D eigenvalue weighted by atomic mass is 35.5. The van der Waals surface area contributed by atoms with E-state index in [-0.39, 0.29) is 11.6 Å². The van der Waals surface area contributed by atoms with Gasteiger partial charge in [-0.1, -0.05) is 17.7 Å². The van der Waals surface area contributed by atoms with Gasteiger partial charge in [0.05, 0.1) is 0 Å². The zero-order valence-corrected chi connectivity index (χ0v) is 9.30. The van der Waals surface area contributed by atoms with Gasteiger partial charge in [0.15, 0.2) is 23.3 Å². The molecule has 1 aromatic heterocycles. The number of benzene rings is 1. The smallest absolute Gasteiger partial charge is 0.169 e. The Kier molecular flexibility index (Phi) is 3.10. The van der Waals surface area contributed by atoms with Crippen LogP contribution in [0.5, 0.6) is 0 Å². The number of nitrogen functional groups attached to an aromatic ring is 1. The highest BCUT2D eigenvalue weighted by Gasteiger charge is 2.09. The predicted octanol–water partition coefficient (Wildman–Crippen LogP) is 3.34. The van der Waals surface area contributed by atoms with Gasteiger partial charge in [0.2, 0.25) is 0 Å². The molecule has 0 saturated carbocycles. The predicted molar refractivity (Wildman–Crippen MR) is 63.3 cm³/mol. The van der Waals surface area contributed by atoms with Crippen molar-refractivity contribution in [3.05, 3.63) is 47.0 Å². The summed E-state index contributed by atoms with van der Waals surface area (Å²) in [7, 11) is 0. The third kappa shape index (κ3) is 2.62. The second-order valence-corrected chi connectivity index (χ2v) is 3.76. The van der Waals surface area contributed by atoms with Gasteiger partial charge in [0.1, 0.15) is 0 Å². The van der Waals surface area contributed by atoms with Crippen LogP contribution in [0.25, 0.3) is 0 Å². The fourth-order valence-electron chi connectivity index (χ4n) is 1.27. The molecule has 1 heterocycles. The molecule has 17 heavy (non-hydrogen) atoms. The Morgan fingerprint density at radius 3 is 2.65 bits per heavy atom. The lowest BCUT2D eigenvalue weighted by atomic mass is 10.3. The summed E-state index contributed by atoms with van der Waals surface area (Å²) < 4.78 is 26.2. The molecule has 1 aromatic carbocycles. The molecule has 88 valence electrons. The first kappa shape index (κ1) is 11.6. The molecular formula is C11H8ClF2N3. The number of hydrogen-bond acceptors (Lipinski definition) is 3. The van der Waals surface area contributed by atoms with Crippen molar-refractivity contribution >= 4 is 28.9 Å². The third-order valence-corrected chi connectivity index (χ3v) is 2.28. The zero-order valence-electron chi connectivity index (χ0n) is 8.55. The van der Waals surface area contributed by atoms with Crippen molar-refractivity contribution in [1.29, 1.82) is 0 Å². The Labute approximate surface area is 101 Å². The van der Waals surface area contributed by atoms with Crippen LogP contribution in [-0.4, -0.2) is 4.98 Å². The van der Waals surface area contributed by atoms with Gasteiger partial charge < -0.3 is 11.1 Å². The van der Waals surface area contributed by atoms with Gasteiger partial charge in [-0.2, -0.15) is 0 Å². The lowest BCUT2D eigenvalue weighted by Crippen LogP contribution is -2.03. The van der Waals surface area contributed by atoms with Gasteiger partial charge in [-0.05, 0) is 18.2 Å². The molecule has 2 rings (SSSR count). The monoisotopic (exact) mass is 255 g/mol. The van der Waals surface area contributed by atoms with Crippen LogP contribution in [0.1, 0.15) is 0 Å². The Morgan fingerprint density at radius 1 is 1.18 bits per heavy atom. The van der Waals surface area contributed by atoms with E-state index >= 15 is 0 Å². The number of aromatic nitrogens is 1. The molecule has 2 aromatic rings. The van der Waals surface area contributed by atoms with E-state index in [0.717, 1.165) is 0 Å². The molecule has 6 heteroatoms. The van der Waals surface area contributed by atoms with E-state index in [9.17, 15) is 8.78 Å². The summed E-state index contributed by atoms with van der Waals surface area (Å²) in [4.78, 5) is 3.57. The summed E-state index contributed by atoms with van der Waals surface area (Å²) in [6.07, 6.45) is 0. The number of nitrogens with zero attached hydrogens (tertiary/aromatic N) is 1. The van der Waals surface area contributed by atoms with Crippen LogP contribution in [0.4, 0.5) is 26.1 Å². The van der Waals surface area contributed by atoms with Crippen molar-refractivity contribution in [2.75, 3.05) is 11.1 Å². The van der Waals surface area contributed by atoms with E-state index in [1.165, 1.54) is 0 Å². The maximum atomic E-state index is 13.4. The van der Waals surface area contributed by atoms with E-state index < -0.39 is 11.6 Å². The minimum Gasteiger partial charge on any atom is -0.381 e. The molecule has 3 nitrogen and oxygen atoms in total. The summed E-state index contributed by atoms with van der Waals surface area (Å²) in [6, 6.07) is 7.30. The fraction of sp³-hybridized carbons (Fsp3) is 0. The Morgan fingerprint density at radius 2 is 1.94 bits per heavy atom. The number of nitrogens with two attached hydrogens (primary N) is 1. The normalized spacial score (nSPS) is 10.3. The molecule has 0 aliphatic heterocycles. The van der Waals surface area contributed by atoms with E-state index in [2.05, 4.69) is 10.3 Å². The average Bonchev–Trinajstić information content (AvgIpc) is 2.26. The fourth-order valence-corrected chi connectivity index (χ4v) is 1.46. The molecule has 0 radical (unpaired) electrons. The van der Waals surface area contributed by atoms with Crippen LogP contribution in [0.2, 0.25) is 5.02 Å². The van der Waals surface area contributed by atoms with E-state index in [4.69, 9.17) is 17.3 Å². The topological polar surface area (TPSA) is 50.9 Å². The molecule has 0 atom stereocenters. The van der Waals surface area contributed by atoms with Gasteiger partial charge >= 0.3 is 0 Å². The Hall–Kier alpha value is -1.88. The van der Waals surface area contributed by atoms with E-state index in [1.807, 2.05) is 0 Å². The van der Waals surface area contributed by atoms with Gasteiger partial charge in [-0.3, -0.25) is 0 Å². The minimum atomic E-state index is -0.890. The zero-order chi connectivity index (χ0) is 12.4. The molecule has 0 aliphatic carbocycles. The van der Waals surface area contributed by atoms with Gasteiger partial charge in [-0.15, -0.1) is 0 Å². The highest BCUT2D eigenvalue weighted by Crippen LogP contribution is 2.22. The van der Waals surface area contributed by atoms with Crippen LogP contribution < -0.4 is 11.1 Å². The quantitative estimate of drug-likeness (QED) is 0.865. The first-order valence-corrected chi connectivity index (χ1v) is 5.08. The molecule has 0 amide bonds. The van der Waals surface area contributed by atoms with Crippen LogP contribution in [0.15, 0.2) is 30.3 Å². The van der Waals surface area contributed by atoms with Crippen molar-refractivity contribution in [2.24, 2.45) is 0 Å². The van der Waals surface area contributed by atoms with Gasteiger partial charge in [-0.25, -0.2) is 13.8 Å².